The smallest absolute Gasteiger partial charge is 0.261 e. The van der Waals surface area contributed by atoms with Crippen LogP contribution in [-0.4, -0.2) is 40.5 Å². The molecule has 0 aromatic heterocycles. The lowest BCUT2D eigenvalue weighted by Crippen LogP contribution is -2.40. The fraction of sp³-hybridized carbons (Fsp3) is 0.250. The zero-order valence-electron chi connectivity index (χ0n) is 14.4. The van der Waals surface area contributed by atoms with Gasteiger partial charge in [-0.05, 0) is 49.7 Å². The van der Waals surface area contributed by atoms with Crippen molar-refractivity contribution in [3.8, 4) is 5.75 Å². The van der Waals surface area contributed by atoms with Crippen molar-refractivity contribution in [3.05, 3.63) is 65.2 Å². The largest absolute Gasteiger partial charge is 0.497 e. The first-order valence-corrected chi connectivity index (χ1v) is 9.15. The standard InChI is InChI=1S/C20H18BrNO4/c1-12(22-19(24)15-5-3-4-6-16(15)20(22)25)11-17(21)18(23)13-7-9-14(26-2)10-8-13/h3-10,12,17H,11H2,1-2H3. The van der Waals surface area contributed by atoms with Crippen LogP contribution < -0.4 is 4.74 Å². The Bertz CT molecular complexity index is 827. The summed E-state index contributed by atoms with van der Waals surface area (Å²) in [5.74, 6) is -0.0485. The van der Waals surface area contributed by atoms with E-state index in [0.717, 1.165) is 0 Å². The number of fused-ring (bicyclic) bond motifs is 1. The van der Waals surface area contributed by atoms with Crippen molar-refractivity contribution in [3.63, 3.8) is 0 Å². The molecule has 2 aromatic rings. The highest BCUT2D eigenvalue weighted by atomic mass is 79.9. The molecule has 0 radical (unpaired) electrons. The quantitative estimate of drug-likeness (QED) is 0.409. The minimum atomic E-state index is -0.504. The SMILES string of the molecule is COc1ccc(C(=O)C(Br)CC(C)N2C(=O)c3ccccc3C2=O)cc1. The minimum absolute atomic E-state index is 0.101. The summed E-state index contributed by atoms with van der Waals surface area (Å²) < 4.78 is 5.09. The van der Waals surface area contributed by atoms with E-state index in [0.29, 0.717) is 28.9 Å². The third-order valence-corrected chi connectivity index (χ3v) is 5.26. The number of imide groups is 1. The number of Topliss-reactive ketones (excluding diaryl/α,β-unsaturated/α-hetero) is 1. The number of hydrogen-bond donors (Lipinski definition) is 0. The lowest BCUT2D eigenvalue weighted by molar-refractivity contribution is 0.0585. The molecule has 2 unspecified atom stereocenters. The first kappa shape index (κ1) is 18.3. The second kappa shape index (κ2) is 7.41. The van der Waals surface area contributed by atoms with Crippen molar-refractivity contribution < 1.29 is 19.1 Å². The summed E-state index contributed by atoms with van der Waals surface area (Å²) >= 11 is 3.41. The topological polar surface area (TPSA) is 63.7 Å². The molecule has 0 aliphatic carbocycles. The molecule has 1 aliphatic rings. The molecule has 26 heavy (non-hydrogen) atoms. The molecule has 1 heterocycles. The van der Waals surface area contributed by atoms with E-state index in [1.54, 1.807) is 62.6 Å². The number of benzene rings is 2. The van der Waals surface area contributed by atoms with Crippen LogP contribution in [0.5, 0.6) is 5.75 Å². The summed E-state index contributed by atoms with van der Waals surface area (Å²) in [6.45, 7) is 1.78. The maximum Gasteiger partial charge on any atom is 0.261 e. The highest BCUT2D eigenvalue weighted by Gasteiger charge is 2.39. The number of nitrogens with zero attached hydrogens (tertiary/aromatic N) is 1. The molecule has 134 valence electrons. The fourth-order valence-electron chi connectivity index (χ4n) is 3.06. The summed E-state index contributed by atoms with van der Waals surface area (Å²) in [6.07, 6.45) is 0.330. The van der Waals surface area contributed by atoms with Crippen molar-refractivity contribution in [2.45, 2.75) is 24.2 Å². The molecule has 2 atom stereocenters. The number of ether oxygens (including phenoxy) is 1. The summed E-state index contributed by atoms with van der Waals surface area (Å²) in [6, 6.07) is 13.2. The maximum absolute atomic E-state index is 12.6. The Morgan fingerprint density at radius 1 is 1.04 bits per heavy atom. The van der Waals surface area contributed by atoms with Crippen LogP contribution in [0.2, 0.25) is 0 Å². The van der Waals surface area contributed by atoms with Gasteiger partial charge in [-0.1, -0.05) is 28.1 Å². The molecule has 2 aromatic carbocycles. The van der Waals surface area contributed by atoms with Crippen LogP contribution in [-0.2, 0) is 0 Å². The molecular formula is C20H18BrNO4. The average Bonchev–Trinajstić information content (AvgIpc) is 2.92. The van der Waals surface area contributed by atoms with Gasteiger partial charge in [0.1, 0.15) is 5.75 Å². The Morgan fingerprint density at radius 2 is 1.58 bits per heavy atom. The first-order valence-electron chi connectivity index (χ1n) is 8.23. The Morgan fingerprint density at radius 3 is 2.08 bits per heavy atom. The van der Waals surface area contributed by atoms with Crippen molar-refractivity contribution >= 4 is 33.5 Å². The molecule has 0 saturated carbocycles. The molecule has 0 fully saturated rings. The van der Waals surface area contributed by atoms with Crippen molar-refractivity contribution in [2.75, 3.05) is 7.11 Å². The van der Waals surface area contributed by atoms with Gasteiger partial charge >= 0.3 is 0 Å². The number of carbonyl (C=O) groups is 3. The van der Waals surface area contributed by atoms with Gasteiger partial charge in [0.2, 0.25) is 0 Å². The van der Waals surface area contributed by atoms with E-state index in [4.69, 9.17) is 4.74 Å². The molecule has 3 rings (SSSR count). The summed E-state index contributed by atoms with van der Waals surface area (Å²) in [5, 5.41) is 0. The van der Waals surface area contributed by atoms with E-state index in [1.165, 1.54) is 4.90 Å². The van der Waals surface area contributed by atoms with Gasteiger partial charge in [-0.2, -0.15) is 0 Å². The van der Waals surface area contributed by atoms with Crippen molar-refractivity contribution in [2.24, 2.45) is 0 Å². The fourth-order valence-corrected chi connectivity index (χ4v) is 3.86. The van der Waals surface area contributed by atoms with Crippen LogP contribution in [0.25, 0.3) is 0 Å². The highest BCUT2D eigenvalue weighted by molar-refractivity contribution is 9.10. The van der Waals surface area contributed by atoms with Gasteiger partial charge in [0, 0.05) is 11.6 Å². The van der Waals surface area contributed by atoms with Gasteiger partial charge in [-0.3, -0.25) is 19.3 Å². The van der Waals surface area contributed by atoms with Gasteiger partial charge in [0.05, 0.1) is 23.1 Å². The van der Waals surface area contributed by atoms with Gasteiger partial charge < -0.3 is 4.74 Å². The third-order valence-electron chi connectivity index (χ3n) is 4.47. The monoisotopic (exact) mass is 415 g/mol. The Balaban J connectivity index is 1.71. The molecular weight excluding hydrogens is 398 g/mol. The number of ketones is 1. The van der Waals surface area contributed by atoms with Crippen LogP contribution in [0, 0.1) is 0 Å². The summed E-state index contributed by atoms with van der Waals surface area (Å²) in [5.41, 5.74) is 1.37. The number of halogens is 1. The predicted octanol–water partition coefficient (Wildman–Crippen LogP) is 3.72. The number of hydrogen-bond acceptors (Lipinski definition) is 4. The van der Waals surface area contributed by atoms with E-state index < -0.39 is 10.9 Å². The van der Waals surface area contributed by atoms with Gasteiger partial charge in [0.15, 0.2) is 5.78 Å². The summed E-state index contributed by atoms with van der Waals surface area (Å²) in [7, 11) is 1.56. The van der Waals surface area contributed by atoms with E-state index in [-0.39, 0.29) is 17.6 Å². The lowest BCUT2D eigenvalue weighted by atomic mass is 10.0. The van der Waals surface area contributed by atoms with Gasteiger partial charge in [-0.25, -0.2) is 0 Å². The average molecular weight is 416 g/mol. The third kappa shape index (κ3) is 3.29. The zero-order valence-corrected chi connectivity index (χ0v) is 16.0. The molecule has 6 heteroatoms. The van der Waals surface area contributed by atoms with Gasteiger partial charge in [-0.15, -0.1) is 0 Å². The molecule has 1 aliphatic heterocycles. The molecule has 0 bridgehead atoms. The second-order valence-electron chi connectivity index (χ2n) is 6.17. The van der Waals surface area contributed by atoms with Crippen LogP contribution in [0.1, 0.15) is 44.4 Å². The molecule has 5 nitrogen and oxygen atoms in total. The van der Waals surface area contributed by atoms with E-state index >= 15 is 0 Å². The normalized spacial score (nSPS) is 15.6. The second-order valence-corrected chi connectivity index (χ2v) is 7.28. The van der Waals surface area contributed by atoms with E-state index in [1.807, 2.05) is 0 Å². The van der Waals surface area contributed by atoms with E-state index in [2.05, 4.69) is 15.9 Å². The maximum atomic E-state index is 12.6. The molecule has 0 saturated heterocycles. The van der Waals surface area contributed by atoms with E-state index in [9.17, 15) is 14.4 Å². The zero-order chi connectivity index (χ0) is 18.8. The highest BCUT2D eigenvalue weighted by Crippen LogP contribution is 2.27. The Kier molecular flexibility index (Phi) is 5.23. The number of rotatable bonds is 6. The number of amides is 2. The molecule has 0 spiro atoms. The molecule has 2 amide bonds. The Labute approximate surface area is 160 Å². The minimum Gasteiger partial charge on any atom is -0.497 e. The van der Waals surface area contributed by atoms with Crippen molar-refractivity contribution in [1.82, 2.24) is 4.90 Å². The molecule has 0 N–H and O–H groups in total. The lowest BCUT2D eigenvalue weighted by Gasteiger charge is -2.24. The van der Waals surface area contributed by atoms with Gasteiger partial charge in [0.25, 0.3) is 11.8 Å². The number of carbonyl (C=O) groups excluding carboxylic acids is 3. The number of methoxy groups -OCH3 is 1. The number of alkyl halides is 1. The summed E-state index contributed by atoms with van der Waals surface area (Å²) in [4.78, 5) is 38.4. The van der Waals surface area contributed by atoms with Crippen LogP contribution in [0.4, 0.5) is 0 Å². The predicted molar refractivity (Wildman–Crippen MR) is 101 cm³/mol. The van der Waals surface area contributed by atoms with Crippen molar-refractivity contribution in [1.29, 1.82) is 0 Å². The van der Waals surface area contributed by atoms with Crippen LogP contribution >= 0.6 is 15.9 Å². The first-order chi connectivity index (χ1) is 12.4. The van der Waals surface area contributed by atoms with Crippen LogP contribution in [0.3, 0.4) is 0 Å². The van der Waals surface area contributed by atoms with Crippen LogP contribution in [0.15, 0.2) is 48.5 Å². The Hall–Kier alpha value is -2.47.